The number of aliphatic hydroxyl groups is 1. The summed E-state index contributed by atoms with van der Waals surface area (Å²) < 4.78 is 33.5. The number of aliphatic hydroxyl groups excluding tert-OH is 1. The minimum atomic E-state index is -0.571. The van der Waals surface area contributed by atoms with Crippen molar-refractivity contribution in [2.45, 2.75) is 51.7 Å². The SMILES string of the molecule is CC(c1ccc(-c2ccc(F)cc2F)cc1)N1CCC(CCCO)(C(C)C)OC1. The number of nitrogens with zero attached hydrogens (tertiary/aromatic N) is 1. The molecule has 1 N–H and O–H groups in total. The lowest BCUT2D eigenvalue weighted by atomic mass is 9.81. The number of rotatable bonds is 7. The van der Waals surface area contributed by atoms with Crippen LogP contribution in [-0.4, -0.2) is 35.5 Å². The van der Waals surface area contributed by atoms with Gasteiger partial charge in [-0.25, -0.2) is 8.78 Å². The number of benzene rings is 2. The zero-order valence-corrected chi connectivity index (χ0v) is 17.5. The van der Waals surface area contributed by atoms with Crippen molar-refractivity contribution in [2.24, 2.45) is 5.92 Å². The van der Waals surface area contributed by atoms with Crippen LogP contribution < -0.4 is 0 Å². The van der Waals surface area contributed by atoms with Crippen LogP contribution in [0.1, 0.15) is 51.6 Å². The van der Waals surface area contributed by atoms with Gasteiger partial charge in [-0.1, -0.05) is 38.1 Å². The van der Waals surface area contributed by atoms with E-state index in [4.69, 9.17) is 4.74 Å². The molecule has 158 valence electrons. The third-order valence-corrected chi connectivity index (χ3v) is 6.33. The largest absolute Gasteiger partial charge is 0.396 e. The molecule has 0 saturated carbocycles. The molecular formula is C24H31F2NO2. The van der Waals surface area contributed by atoms with Gasteiger partial charge >= 0.3 is 0 Å². The zero-order chi connectivity index (χ0) is 21.0. The molecular weight excluding hydrogens is 372 g/mol. The molecule has 0 amide bonds. The molecule has 29 heavy (non-hydrogen) atoms. The van der Waals surface area contributed by atoms with Crippen LogP contribution in [0.25, 0.3) is 11.1 Å². The second kappa shape index (κ2) is 9.33. The summed E-state index contributed by atoms with van der Waals surface area (Å²) in [7, 11) is 0. The summed E-state index contributed by atoms with van der Waals surface area (Å²) in [6, 6.07) is 11.6. The highest BCUT2D eigenvalue weighted by atomic mass is 19.1. The Labute approximate surface area is 172 Å². The summed E-state index contributed by atoms with van der Waals surface area (Å²) in [5, 5.41) is 9.21. The fraction of sp³-hybridized carbons (Fsp3) is 0.500. The normalized spacial score (nSPS) is 21.5. The van der Waals surface area contributed by atoms with Crippen molar-refractivity contribution in [1.82, 2.24) is 4.90 Å². The quantitative estimate of drug-likeness (QED) is 0.659. The fourth-order valence-electron chi connectivity index (χ4n) is 4.18. The molecule has 2 atom stereocenters. The summed E-state index contributed by atoms with van der Waals surface area (Å²) in [5.41, 5.74) is 2.10. The van der Waals surface area contributed by atoms with Gasteiger partial charge in [-0.2, -0.15) is 0 Å². The van der Waals surface area contributed by atoms with E-state index in [1.807, 2.05) is 24.3 Å². The van der Waals surface area contributed by atoms with Crippen LogP contribution >= 0.6 is 0 Å². The average Bonchev–Trinajstić information content (AvgIpc) is 2.72. The van der Waals surface area contributed by atoms with Gasteiger partial charge in [0.05, 0.1) is 5.60 Å². The summed E-state index contributed by atoms with van der Waals surface area (Å²) in [6.45, 7) is 8.19. The van der Waals surface area contributed by atoms with Crippen LogP contribution in [0.5, 0.6) is 0 Å². The Balaban J connectivity index is 1.67. The number of hydrogen-bond donors (Lipinski definition) is 1. The molecule has 2 aromatic carbocycles. The summed E-state index contributed by atoms with van der Waals surface area (Å²) in [6.07, 6.45) is 2.57. The average molecular weight is 404 g/mol. The maximum Gasteiger partial charge on any atom is 0.133 e. The van der Waals surface area contributed by atoms with Gasteiger partial charge in [-0.05, 0) is 55.4 Å². The molecule has 1 heterocycles. The molecule has 3 rings (SSSR count). The van der Waals surface area contributed by atoms with Crippen LogP contribution in [0.4, 0.5) is 8.78 Å². The topological polar surface area (TPSA) is 32.7 Å². The molecule has 2 aromatic rings. The minimum Gasteiger partial charge on any atom is -0.396 e. The molecule has 1 fully saturated rings. The first-order chi connectivity index (χ1) is 13.9. The molecule has 3 nitrogen and oxygen atoms in total. The number of ether oxygens (including phenoxy) is 1. The Kier molecular flexibility index (Phi) is 7.04. The van der Waals surface area contributed by atoms with Crippen molar-refractivity contribution in [3.8, 4) is 11.1 Å². The van der Waals surface area contributed by atoms with Crippen LogP contribution in [-0.2, 0) is 4.74 Å². The zero-order valence-electron chi connectivity index (χ0n) is 17.5. The highest BCUT2D eigenvalue weighted by Gasteiger charge is 2.39. The summed E-state index contributed by atoms with van der Waals surface area (Å²) in [5.74, 6) is -0.724. The third kappa shape index (κ3) is 4.85. The lowest BCUT2D eigenvalue weighted by Crippen LogP contribution is -2.50. The van der Waals surface area contributed by atoms with Gasteiger partial charge < -0.3 is 9.84 Å². The Bertz CT molecular complexity index is 799. The summed E-state index contributed by atoms with van der Waals surface area (Å²) in [4.78, 5) is 2.30. The standard InChI is InChI=1S/C24H31F2NO2/c1-17(2)24(11-4-14-28)12-13-27(16-29-24)18(3)19-5-7-20(8-6-19)22-10-9-21(25)15-23(22)26/h5-10,15,17-18,28H,4,11-14,16H2,1-3H3. The predicted octanol–water partition coefficient (Wildman–Crippen LogP) is 5.54. The third-order valence-electron chi connectivity index (χ3n) is 6.33. The molecule has 0 bridgehead atoms. The molecule has 0 spiro atoms. The van der Waals surface area contributed by atoms with Crippen molar-refractivity contribution in [3.63, 3.8) is 0 Å². The lowest BCUT2D eigenvalue weighted by molar-refractivity contribution is -0.173. The maximum absolute atomic E-state index is 14.0. The fourth-order valence-corrected chi connectivity index (χ4v) is 4.18. The van der Waals surface area contributed by atoms with E-state index in [-0.39, 0.29) is 18.2 Å². The van der Waals surface area contributed by atoms with E-state index in [0.717, 1.165) is 43.0 Å². The molecule has 1 aliphatic rings. The highest BCUT2D eigenvalue weighted by Crippen LogP contribution is 2.37. The van der Waals surface area contributed by atoms with Crippen LogP contribution in [0.15, 0.2) is 42.5 Å². The first kappa shape index (κ1) is 21.9. The van der Waals surface area contributed by atoms with E-state index >= 15 is 0 Å². The van der Waals surface area contributed by atoms with Crippen molar-refractivity contribution in [2.75, 3.05) is 19.9 Å². The Morgan fingerprint density at radius 2 is 1.83 bits per heavy atom. The number of hydrogen-bond acceptors (Lipinski definition) is 3. The van der Waals surface area contributed by atoms with E-state index in [1.165, 1.54) is 12.1 Å². The smallest absolute Gasteiger partial charge is 0.133 e. The van der Waals surface area contributed by atoms with Gasteiger partial charge in [0.25, 0.3) is 0 Å². The second-order valence-corrected chi connectivity index (χ2v) is 8.30. The molecule has 0 aromatic heterocycles. The maximum atomic E-state index is 14.0. The van der Waals surface area contributed by atoms with Crippen molar-refractivity contribution >= 4 is 0 Å². The molecule has 1 saturated heterocycles. The van der Waals surface area contributed by atoms with Crippen LogP contribution in [0, 0.1) is 17.6 Å². The molecule has 0 aliphatic carbocycles. The summed E-state index contributed by atoms with van der Waals surface area (Å²) >= 11 is 0. The Morgan fingerprint density at radius 1 is 1.10 bits per heavy atom. The highest BCUT2D eigenvalue weighted by molar-refractivity contribution is 5.64. The van der Waals surface area contributed by atoms with E-state index in [0.29, 0.717) is 18.2 Å². The minimum absolute atomic E-state index is 0.164. The molecule has 0 radical (unpaired) electrons. The molecule has 5 heteroatoms. The molecule has 1 aliphatic heterocycles. The van der Waals surface area contributed by atoms with Crippen molar-refractivity contribution < 1.29 is 18.6 Å². The van der Waals surface area contributed by atoms with Gasteiger partial charge in [-0.3, -0.25) is 4.90 Å². The van der Waals surface area contributed by atoms with Gasteiger partial charge in [-0.15, -0.1) is 0 Å². The van der Waals surface area contributed by atoms with Gasteiger partial charge in [0, 0.05) is 30.8 Å². The van der Waals surface area contributed by atoms with E-state index in [9.17, 15) is 13.9 Å². The van der Waals surface area contributed by atoms with Crippen LogP contribution in [0.3, 0.4) is 0 Å². The van der Waals surface area contributed by atoms with E-state index < -0.39 is 11.6 Å². The van der Waals surface area contributed by atoms with Gasteiger partial charge in [0.1, 0.15) is 18.4 Å². The predicted molar refractivity (Wildman–Crippen MR) is 111 cm³/mol. The molecule has 2 unspecified atom stereocenters. The second-order valence-electron chi connectivity index (χ2n) is 8.30. The lowest BCUT2D eigenvalue weighted by Gasteiger charge is -2.46. The monoisotopic (exact) mass is 403 g/mol. The van der Waals surface area contributed by atoms with E-state index in [1.54, 1.807) is 0 Å². The first-order valence-electron chi connectivity index (χ1n) is 10.4. The van der Waals surface area contributed by atoms with Crippen molar-refractivity contribution in [1.29, 1.82) is 0 Å². The van der Waals surface area contributed by atoms with Crippen molar-refractivity contribution in [3.05, 3.63) is 59.7 Å². The van der Waals surface area contributed by atoms with Crippen LogP contribution in [0.2, 0.25) is 0 Å². The Hall–Kier alpha value is -1.82. The number of halogens is 2. The van der Waals surface area contributed by atoms with Gasteiger partial charge in [0.2, 0.25) is 0 Å². The van der Waals surface area contributed by atoms with E-state index in [2.05, 4.69) is 25.7 Å². The van der Waals surface area contributed by atoms with Gasteiger partial charge in [0.15, 0.2) is 0 Å². The first-order valence-corrected chi connectivity index (χ1v) is 10.4. The Morgan fingerprint density at radius 3 is 2.38 bits per heavy atom.